The summed E-state index contributed by atoms with van der Waals surface area (Å²) in [6.45, 7) is 7.30. The van der Waals surface area contributed by atoms with Crippen LogP contribution in [0.3, 0.4) is 0 Å². The van der Waals surface area contributed by atoms with Gasteiger partial charge in [0.15, 0.2) is 0 Å². The van der Waals surface area contributed by atoms with Gasteiger partial charge in [0.25, 0.3) is 0 Å². The number of rotatable bonds is 5. The van der Waals surface area contributed by atoms with Gasteiger partial charge in [-0.25, -0.2) is 13.4 Å². The third kappa shape index (κ3) is 6.79. The molecule has 0 spiro atoms. The summed E-state index contributed by atoms with van der Waals surface area (Å²) in [6, 6.07) is 6.96. The van der Waals surface area contributed by atoms with Crippen molar-refractivity contribution in [3.63, 3.8) is 0 Å². The van der Waals surface area contributed by atoms with Crippen LogP contribution in [0.5, 0.6) is 0 Å². The van der Waals surface area contributed by atoms with E-state index in [1.54, 1.807) is 0 Å². The molecule has 0 amide bonds. The van der Waals surface area contributed by atoms with Crippen molar-refractivity contribution in [1.82, 2.24) is 35.5 Å². The third-order valence-corrected chi connectivity index (χ3v) is 12.8. The van der Waals surface area contributed by atoms with Crippen LogP contribution in [0.25, 0.3) is 0 Å². The van der Waals surface area contributed by atoms with Crippen molar-refractivity contribution >= 4 is 15.8 Å². The van der Waals surface area contributed by atoms with Crippen LogP contribution >= 0.6 is 0 Å². The fraction of sp³-hybridized carbons (Fsp3) is 0.697. The lowest BCUT2D eigenvalue weighted by molar-refractivity contribution is -0.0815. The quantitative estimate of drug-likeness (QED) is 0.389. The Kier molecular flexibility index (Phi) is 9.17. The van der Waals surface area contributed by atoms with Crippen LogP contribution in [0.4, 0.5) is 5.82 Å². The number of fused-ring (bicyclic) bond motifs is 5. The Bertz CT molecular complexity index is 1430. The molecule has 1 aromatic heterocycles. The normalized spacial score (nSPS) is 34.1. The van der Waals surface area contributed by atoms with Crippen LogP contribution in [0.2, 0.25) is 0 Å². The van der Waals surface area contributed by atoms with Gasteiger partial charge in [-0.05, 0) is 75.0 Å². The molecule has 4 N–H and O–H groups in total. The van der Waals surface area contributed by atoms with Crippen molar-refractivity contribution in [2.24, 2.45) is 5.92 Å². The molecule has 12 heteroatoms. The van der Waals surface area contributed by atoms with Crippen molar-refractivity contribution in [3.05, 3.63) is 53.0 Å². The number of anilines is 1. The van der Waals surface area contributed by atoms with Gasteiger partial charge in [0.1, 0.15) is 18.3 Å². The minimum Gasteiger partial charge on any atom is -0.357 e. The largest absolute Gasteiger partial charge is 0.357 e. The Morgan fingerprint density at radius 2 is 1.82 bits per heavy atom. The number of hydrogen-bond acceptors (Lipinski definition) is 10. The second-order valence-corrected chi connectivity index (χ2v) is 16.1. The summed E-state index contributed by atoms with van der Waals surface area (Å²) in [5.41, 5.74) is 4.55. The van der Waals surface area contributed by atoms with Gasteiger partial charge in [0.2, 0.25) is 10.0 Å². The summed E-state index contributed by atoms with van der Waals surface area (Å²) in [5, 5.41) is 10.3. The Balaban J connectivity index is 1.19. The van der Waals surface area contributed by atoms with Crippen LogP contribution in [0, 0.1) is 19.8 Å². The number of aromatic nitrogens is 2. The average molecular weight is 639 g/mol. The van der Waals surface area contributed by atoms with E-state index in [9.17, 15) is 8.42 Å². The molecular weight excluding hydrogens is 588 g/mol. The Hall–Kier alpha value is -2.19. The average Bonchev–Trinajstić information content (AvgIpc) is 3.43. The molecule has 0 radical (unpaired) electrons. The van der Waals surface area contributed by atoms with Gasteiger partial charge in [-0.15, -0.1) is 0 Å². The molecule has 2 aliphatic carbocycles. The first kappa shape index (κ1) is 31.4. The van der Waals surface area contributed by atoms with Crippen molar-refractivity contribution in [2.75, 3.05) is 31.6 Å². The summed E-state index contributed by atoms with van der Waals surface area (Å²) in [4.78, 5) is 14.5. The summed E-state index contributed by atoms with van der Waals surface area (Å²) < 4.78 is 37.7. The summed E-state index contributed by atoms with van der Waals surface area (Å²) in [6.07, 6.45) is 10.4. The monoisotopic (exact) mass is 638 g/mol. The highest BCUT2D eigenvalue weighted by Crippen LogP contribution is 2.34. The molecule has 7 rings (SSSR count). The number of aryl methyl sites for hydroxylation is 2. The first-order valence-electron chi connectivity index (χ1n) is 17.0. The van der Waals surface area contributed by atoms with Crippen LogP contribution in [-0.4, -0.2) is 85.9 Å². The lowest BCUT2D eigenvalue weighted by Gasteiger charge is -2.41. The van der Waals surface area contributed by atoms with Crippen LogP contribution < -0.4 is 25.6 Å². The number of hydrogen-bond donors (Lipinski definition) is 4. The second kappa shape index (κ2) is 13.1. The van der Waals surface area contributed by atoms with E-state index in [-0.39, 0.29) is 30.3 Å². The SMILES string of the molecule is Cc1cccc(C)c1C1CC2NC(N1)NS(=O)(=O)C1CCCC(C1)CN(Cc1cncc(N(C)C3CCC3)n1)[C@@H]1CNC[C@H]1O2. The van der Waals surface area contributed by atoms with E-state index in [2.05, 4.69) is 74.6 Å². The van der Waals surface area contributed by atoms with Crippen LogP contribution in [0.15, 0.2) is 30.6 Å². The molecule has 3 saturated heterocycles. The fourth-order valence-electron chi connectivity index (χ4n) is 8.29. The third-order valence-electron chi connectivity index (χ3n) is 11.0. The number of benzene rings is 1. The van der Waals surface area contributed by atoms with Crippen molar-refractivity contribution in [2.45, 2.75) is 114 Å². The fourth-order valence-corrected chi connectivity index (χ4v) is 9.95. The van der Waals surface area contributed by atoms with Gasteiger partial charge in [-0.3, -0.25) is 20.5 Å². The molecule has 4 heterocycles. The first-order valence-corrected chi connectivity index (χ1v) is 18.5. The lowest BCUT2D eigenvalue weighted by atomic mass is 9.88. The summed E-state index contributed by atoms with van der Waals surface area (Å²) in [5.74, 6) is 1.21. The number of ether oxygens (including phenoxy) is 1. The number of nitrogens with zero attached hydrogens (tertiary/aromatic N) is 4. The van der Waals surface area contributed by atoms with E-state index in [4.69, 9.17) is 9.72 Å². The maximum absolute atomic E-state index is 13.9. The Labute approximate surface area is 268 Å². The molecule has 246 valence electrons. The molecule has 5 unspecified atom stereocenters. The lowest BCUT2D eigenvalue weighted by Crippen LogP contribution is -2.64. The highest BCUT2D eigenvalue weighted by atomic mass is 32.2. The minimum atomic E-state index is -3.58. The molecule has 11 nitrogen and oxygen atoms in total. The molecule has 4 bridgehead atoms. The van der Waals surface area contributed by atoms with E-state index < -0.39 is 21.6 Å². The molecular formula is C33H50N8O3S. The zero-order chi connectivity index (χ0) is 31.1. The van der Waals surface area contributed by atoms with Gasteiger partial charge < -0.3 is 15.0 Å². The van der Waals surface area contributed by atoms with E-state index in [0.717, 1.165) is 44.0 Å². The van der Waals surface area contributed by atoms with Crippen LogP contribution in [-0.2, 0) is 21.3 Å². The standard InChI is InChI=1S/C33H50N8O3S/c1-21-7-4-8-22(2)32(21)27-14-31-38-33(37-27)39-45(42,43)26-12-5-9-23(13-26)19-41(28-16-35-17-29(28)44-31)20-24-15-34-18-30(36-24)40(3)25-10-6-11-25/h4,7-8,15,18,23,25-29,31,33,35,37-39H,5-6,9-14,16-17,19-20H2,1-3H3/t23?,26?,27?,28-,29-,31?,33?/m1/s1. The highest BCUT2D eigenvalue weighted by molar-refractivity contribution is 7.90. The van der Waals surface area contributed by atoms with E-state index in [1.165, 1.54) is 36.0 Å². The molecule has 3 aliphatic heterocycles. The molecule has 7 atom stereocenters. The first-order chi connectivity index (χ1) is 21.7. The zero-order valence-corrected chi connectivity index (χ0v) is 27.7. The summed E-state index contributed by atoms with van der Waals surface area (Å²) in [7, 11) is -1.45. The van der Waals surface area contributed by atoms with E-state index in [1.807, 2.05) is 12.4 Å². The second-order valence-electron chi connectivity index (χ2n) is 14.1. The van der Waals surface area contributed by atoms with Gasteiger partial charge in [-0.2, -0.15) is 4.72 Å². The molecule has 2 saturated carbocycles. The van der Waals surface area contributed by atoms with Gasteiger partial charge in [0, 0.05) is 57.9 Å². The molecule has 2 aromatic rings. The maximum Gasteiger partial charge on any atom is 0.216 e. The predicted molar refractivity (Wildman–Crippen MR) is 175 cm³/mol. The number of nitrogens with one attached hydrogen (secondary N) is 4. The van der Waals surface area contributed by atoms with Gasteiger partial charge >= 0.3 is 0 Å². The highest BCUT2D eigenvalue weighted by Gasteiger charge is 2.42. The minimum absolute atomic E-state index is 0.0505. The molecule has 45 heavy (non-hydrogen) atoms. The zero-order valence-electron chi connectivity index (χ0n) is 26.9. The predicted octanol–water partition coefficient (Wildman–Crippen LogP) is 2.67. The summed E-state index contributed by atoms with van der Waals surface area (Å²) >= 11 is 0. The topological polar surface area (TPSA) is 124 Å². The van der Waals surface area contributed by atoms with E-state index in [0.29, 0.717) is 31.8 Å². The smallest absolute Gasteiger partial charge is 0.216 e. The maximum atomic E-state index is 13.9. The van der Waals surface area contributed by atoms with Crippen LogP contribution in [0.1, 0.15) is 79.8 Å². The Morgan fingerprint density at radius 3 is 2.60 bits per heavy atom. The molecule has 5 fully saturated rings. The van der Waals surface area contributed by atoms with Gasteiger partial charge in [-0.1, -0.05) is 24.6 Å². The van der Waals surface area contributed by atoms with Crippen molar-refractivity contribution < 1.29 is 13.2 Å². The molecule has 5 aliphatic rings. The van der Waals surface area contributed by atoms with Crippen molar-refractivity contribution in [1.29, 1.82) is 0 Å². The van der Waals surface area contributed by atoms with Crippen molar-refractivity contribution in [3.8, 4) is 0 Å². The van der Waals surface area contributed by atoms with Gasteiger partial charge in [0.05, 0.1) is 29.3 Å². The van der Waals surface area contributed by atoms with E-state index >= 15 is 0 Å². The molecule has 1 aromatic carbocycles. The Morgan fingerprint density at radius 1 is 1.02 bits per heavy atom. The number of sulfonamides is 1.